The van der Waals surface area contributed by atoms with Crippen LogP contribution >= 0.6 is 0 Å². The van der Waals surface area contributed by atoms with Crippen LogP contribution in [0.3, 0.4) is 0 Å². The zero-order chi connectivity index (χ0) is 44.4. The van der Waals surface area contributed by atoms with Crippen molar-refractivity contribution in [2.24, 2.45) is 11.3 Å². The number of unbranched alkanes of at least 4 members (excludes halogenated alkanes) is 3. The van der Waals surface area contributed by atoms with Gasteiger partial charge in [-0.3, -0.25) is 19.1 Å². The Morgan fingerprint density at radius 2 is 1.85 bits per heavy atom. The molecule has 6 rings (SSSR count). The standard InChI is InChI=1S/C45H65N5O10S/c1-9-10-11-12-13-14-31-17-20-45(31,40(53)49-61(55,56)43(7)21-22-43)48-38(51)36-26-44(27-50(36)39(52)30(3)47-41(54)59-28-42(4,5)6)19-18-33-34-25-32(58-24-23-57-8)15-16-35(34)46-29(2)37(33)60-44/h13-16,25,30-31,36H,9-12,17-24,26-28H2,1-8H3,(H,47,54)(H,48,51)(H,49,53). The zero-order valence-electron chi connectivity index (χ0n) is 37.1. The molecule has 3 fully saturated rings. The van der Waals surface area contributed by atoms with Crippen LogP contribution in [0.15, 0.2) is 30.4 Å². The van der Waals surface area contributed by atoms with Crippen molar-refractivity contribution < 1.29 is 46.5 Å². The number of hydrogen-bond donors (Lipinski definition) is 3. The van der Waals surface area contributed by atoms with Crippen molar-refractivity contribution in [2.45, 2.75) is 147 Å². The van der Waals surface area contributed by atoms with Crippen molar-refractivity contribution in [2.75, 3.05) is 33.5 Å². The van der Waals surface area contributed by atoms with Crippen molar-refractivity contribution in [1.82, 2.24) is 25.2 Å². The fraction of sp³-hybridized carbons (Fsp3) is 0.667. The van der Waals surface area contributed by atoms with E-state index in [1.165, 1.54) is 11.8 Å². The first kappa shape index (κ1) is 46.1. The Morgan fingerprint density at radius 1 is 1.10 bits per heavy atom. The Balaban J connectivity index is 1.31. The number of hydrogen-bond acceptors (Lipinski definition) is 11. The number of aromatic nitrogens is 1. The molecule has 0 radical (unpaired) electrons. The first-order chi connectivity index (χ1) is 28.8. The van der Waals surface area contributed by atoms with Gasteiger partial charge in [0.05, 0.1) is 35.7 Å². The summed E-state index contributed by atoms with van der Waals surface area (Å²) in [7, 11) is -2.42. The van der Waals surface area contributed by atoms with E-state index < -0.39 is 67.7 Å². The molecule has 16 heteroatoms. The molecule has 1 aromatic carbocycles. The molecule has 3 heterocycles. The number of rotatable bonds is 17. The third-order valence-corrected chi connectivity index (χ3v) is 14.8. The van der Waals surface area contributed by atoms with Gasteiger partial charge in [0, 0.05) is 30.4 Å². The average Bonchev–Trinajstić information content (AvgIpc) is 3.86. The number of nitrogens with zero attached hydrogens (tertiary/aromatic N) is 2. The summed E-state index contributed by atoms with van der Waals surface area (Å²) in [5.74, 6) is -1.16. The van der Waals surface area contributed by atoms with Crippen LogP contribution in [0.4, 0.5) is 4.79 Å². The van der Waals surface area contributed by atoms with E-state index in [9.17, 15) is 27.6 Å². The summed E-state index contributed by atoms with van der Waals surface area (Å²) in [6, 6.07) is 3.50. The Kier molecular flexibility index (Phi) is 13.7. The van der Waals surface area contributed by atoms with Crippen LogP contribution in [-0.4, -0.2) is 104 Å². The number of ether oxygens (including phenoxy) is 4. The van der Waals surface area contributed by atoms with E-state index in [0.29, 0.717) is 62.5 Å². The van der Waals surface area contributed by atoms with Crippen molar-refractivity contribution in [3.8, 4) is 11.5 Å². The summed E-state index contributed by atoms with van der Waals surface area (Å²) in [4.78, 5) is 62.7. The number of benzene rings is 1. The minimum atomic E-state index is -4.03. The van der Waals surface area contributed by atoms with Crippen LogP contribution in [0, 0.1) is 18.3 Å². The summed E-state index contributed by atoms with van der Waals surface area (Å²) >= 11 is 0. The first-order valence-electron chi connectivity index (χ1n) is 21.8. The summed E-state index contributed by atoms with van der Waals surface area (Å²) in [5, 5.41) is 6.52. The minimum absolute atomic E-state index is 0.0107. The van der Waals surface area contributed by atoms with Gasteiger partial charge < -0.3 is 34.5 Å². The molecule has 1 spiro atoms. The highest BCUT2D eigenvalue weighted by atomic mass is 32.2. The molecule has 2 saturated carbocycles. The van der Waals surface area contributed by atoms with Gasteiger partial charge in [0.15, 0.2) is 0 Å². The Morgan fingerprint density at radius 3 is 2.51 bits per heavy atom. The van der Waals surface area contributed by atoms with Gasteiger partial charge in [0.25, 0.3) is 5.91 Å². The molecular weight excluding hydrogens is 803 g/mol. The normalized spacial score (nSPS) is 24.7. The van der Waals surface area contributed by atoms with E-state index in [2.05, 4.69) is 22.3 Å². The van der Waals surface area contributed by atoms with E-state index in [1.807, 2.05) is 58.0 Å². The first-order valence-corrected chi connectivity index (χ1v) is 23.3. The van der Waals surface area contributed by atoms with Crippen LogP contribution in [0.5, 0.6) is 11.5 Å². The fourth-order valence-electron chi connectivity index (χ4n) is 8.45. The van der Waals surface area contributed by atoms with Crippen LogP contribution in [-0.2, 0) is 40.3 Å². The van der Waals surface area contributed by atoms with E-state index >= 15 is 0 Å². The molecule has 2 aliphatic heterocycles. The lowest BCUT2D eigenvalue weighted by molar-refractivity contribution is -0.144. The van der Waals surface area contributed by atoms with Crippen LogP contribution in [0.25, 0.3) is 10.9 Å². The number of pyridine rings is 1. The third kappa shape index (κ3) is 10.1. The van der Waals surface area contributed by atoms with Gasteiger partial charge >= 0.3 is 6.09 Å². The second-order valence-electron chi connectivity index (χ2n) is 18.9. The molecule has 0 bridgehead atoms. The number of carbonyl (C=O) groups is 4. The lowest BCUT2D eigenvalue weighted by atomic mass is 9.65. The summed E-state index contributed by atoms with van der Waals surface area (Å²) in [6.07, 6.45) is 9.70. The molecule has 4 amide bonds. The maximum absolute atomic E-state index is 14.9. The number of sulfonamides is 1. The number of aryl methyl sites for hydroxylation is 2. The molecule has 4 aliphatic rings. The molecule has 5 atom stereocenters. The number of fused-ring (bicyclic) bond motifs is 3. The number of likely N-dealkylation sites (tertiary alicyclic amines) is 1. The largest absolute Gasteiger partial charge is 0.491 e. The lowest BCUT2D eigenvalue weighted by Gasteiger charge is -2.48. The highest BCUT2D eigenvalue weighted by Crippen LogP contribution is 2.47. The van der Waals surface area contributed by atoms with Crippen molar-refractivity contribution in [3.63, 3.8) is 0 Å². The van der Waals surface area contributed by atoms with Crippen LogP contribution in [0.2, 0.25) is 0 Å². The third-order valence-electron chi connectivity index (χ3n) is 12.6. The van der Waals surface area contributed by atoms with Crippen molar-refractivity contribution in [1.29, 1.82) is 0 Å². The predicted molar refractivity (Wildman–Crippen MR) is 231 cm³/mol. The maximum Gasteiger partial charge on any atom is 0.407 e. The molecule has 2 aromatic rings. The van der Waals surface area contributed by atoms with Gasteiger partial charge in [-0.1, -0.05) is 52.7 Å². The molecule has 3 N–H and O–H groups in total. The second kappa shape index (κ2) is 18.1. The predicted octanol–water partition coefficient (Wildman–Crippen LogP) is 5.79. The van der Waals surface area contributed by atoms with Crippen molar-refractivity contribution >= 4 is 44.7 Å². The van der Waals surface area contributed by atoms with Crippen molar-refractivity contribution in [3.05, 3.63) is 41.6 Å². The number of amides is 4. The summed E-state index contributed by atoms with van der Waals surface area (Å²) in [6.45, 7) is 13.8. The number of carbonyl (C=O) groups excluding carboxylic acids is 4. The molecule has 2 aliphatic carbocycles. The summed E-state index contributed by atoms with van der Waals surface area (Å²) < 4.78 is 51.4. The number of methoxy groups -OCH3 is 1. The number of alkyl carbamates (subject to hydrolysis) is 1. The van der Waals surface area contributed by atoms with Gasteiger partial charge in [-0.15, -0.1) is 0 Å². The number of nitrogens with one attached hydrogen (secondary N) is 3. The molecular formula is C45H65N5O10S. The van der Waals surface area contributed by atoms with Gasteiger partial charge in [-0.2, -0.15) is 0 Å². The van der Waals surface area contributed by atoms with E-state index in [-0.39, 0.29) is 31.4 Å². The highest BCUT2D eigenvalue weighted by molar-refractivity contribution is 7.91. The van der Waals surface area contributed by atoms with E-state index in [1.54, 1.807) is 14.0 Å². The molecule has 61 heavy (non-hydrogen) atoms. The lowest BCUT2D eigenvalue weighted by Crippen LogP contribution is -2.70. The molecule has 15 nitrogen and oxygen atoms in total. The topological polar surface area (TPSA) is 192 Å². The molecule has 1 saturated heterocycles. The molecule has 1 aromatic heterocycles. The van der Waals surface area contributed by atoms with E-state index in [0.717, 1.165) is 42.1 Å². The van der Waals surface area contributed by atoms with Gasteiger partial charge in [0.2, 0.25) is 21.8 Å². The monoisotopic (exact) mass is 867 g/mol. The van der Waals surface area contributed by atoms with Crippen LogP contribution < -0.4 is 24.8 Å². The molecule has 336 valence electrons. The minimum Gasteiger partial charge on any atom is -0.491 e. The van der Waals surface area contributed by atoms with Gasteiger partial charge in [0.1, 0.15) is 41.3 Å². The fourth-order valence-corrected chi connectivity index (χ4v) is 9.77. The maximum atomic E-state index is 14.9. The van der Waals surface area contributed by atoms with Gasteiger partial charge in [-0.25, -0.2) is 18.2 Å². The van der Waals surface area contributed by atoms with Crippen LogP contribution in [0.1, 0.15) is 117 Å². The van der Waals surface area contributed by atoms with E-state index in [4.69, 9.17) is 23.9 Å². The quantitative estimate of drug-likeness (QED) is 0.129. The average molecular weight is 868 g/mol. The molecule has 5 unspecified atom stereocenters. The second-order valence-corrected chi connectivity index (χ2v) is 21.1. The smallest absolute Gasteiger partial charge is 0.407 e. The SMILES string of the molecule is CCCCCC=CC1CCC1(NC(=O)C1CC2(CCc3c(c(C)nc4ccc(OCCOC)cc34)O2)CN1C(=O)C(C)NC(=O)OCC(C)(C)C)C(=O)NS(=O)(=O)C1(C)CC1. The Labute approximate surface area is 360 Å². The highest BCUT2D eigenvalue weighted by Gasteiger charge is 2.59. The zero-order valence-corrected chi connectivity index (χ0v) is 37.9. The number of allylic oxidation sites excluding steroid dienone is 1. The van der Waals surface area contributed by atoms with Gasteiger partial charge in [-0.05, 0) is 95.8 Å². The Hall–Kier alpha value is -4.44. The summed E-state index contributed by atoms with van der Waals surface area (Å²) in [5.41, 5.74) is -0.517. The Bertz CT molecular complexity index is 2130.